The van der Waals surface area contributed by atoms with Gasteiger partial charge in [-0.05, 0) is 12.8 Å². The normalized spacial score (nSPS) is 20.8. The summed E-state index contributed by atoms with van der Waals surface area (Å²) in [6.07, 6.45) is 5.64. The van der Waals surface area contributed by atoms with Crippen LogP contribution in [0.25, 0.3) is 0 Å². The van der Waals surface area contributed by atoms with Crippen molar-refractivity contribution in [3.63, 3.8) is 0 Å². The molecule has 1 aromatic heterocycles. The molecule has 7 heteroatoms. The Morgan fingerprint density at radius 2 is 2.10 bits per heavy atom. The van der Waals surface area contributed by atoms with E-state index >= 15 is 0 Å². The maximum absolute atomic E-state index is 11.4. The van der Waals surface area contributed by atoms with Crippen molar-refractivity contribution in [2.45, 2.75) is 38.6 Å². The molecule has 2 rings (SSSR count). The van der Waals surface area contributed by atoms with Crippen LogP contribution in [0.15, 0.2) is 12.4 Å². The van der Waals surface area contributed by atoms with Crippen molar-refractivity contribution in [2.24, 2.45) is 0 Å². The van der Waals surface area contributed by atoms with Crippen LogP contribution in [0.3, 0.4) is 0 Å². The van der Waals surface area contributed by atoms with Gasteiger partial charge in [0, 0.05) is 18.7 Å². The molecule has 1 saturated heterocycles. The molecule has 0 spiro atoms. The number of nitrogens with zero attached hydrogens (tertiary/aromatic N) is 2. The van der Waals surface area contributed by atoms with Crippen molar-refractivity contribution < 1.29 is 8.42 Å². The third kappa shape index (κ3) is 4.63. The van der Waals surface area contributed by atoms with E-state index in [0.717, 1.165) is 18.8 Å². The highest BCUT2D eigenvalue weighted by molar-refractivity contribution is 7.91. The molecule has 1 unspecified atom stereocenters. The number of hydrogen-bond donors (Lipinski definition) is 2. The summed E-state index contributed by atoms with van der Waals surface area (Å²) in [6, 6.07) is 1.79. The summed E-state index contributed by atoms with van der Waals surface area (Å²) in [5, 5.41) is 6.42. The number of sulfone groups is 1. The first-order valence-electron chi connectivity index (χ1n) is 7.12. The Morgan fingerprint density at radius 1 is 1.30 bits per heavy atom. The second-order valence-electron chi connectivity index (χ2n) is 5.17. The average Bonchev–Trinajstić information content (AvgIpc) is 2.74. The molecule has 0 saturated carbocycles. The van der Waals surface area contributed by atoms with Crippen LogP contribution in [-0.2, 0) is 9.84 Å². The van der Waals surface area contributed by atoms with Gasteiger partial charge in [-0.3, -0.25) is 0 Å². The van der Waals surface area contributed by atoms with E-state index in [9.17, 15) is 8.42 Å². The van der Waals surface area contributed by atoms with Crippen LogP contribution in [0.5, 0.6) is 0 Å². The Bertz CT molecular complexity index is 533. The molecule has 1 fully saturated rings. The van der Waals surface area contributed by atoms with E-state index in [2.05, 4.69) is 27.5 Å². The lowest BCUT2D eigenvalue weighted by Crippen LogP contribution is -2.21. The van der Waals surface area contributed by atoms with Crippen molar-refractivity contribution in [3.8, 4) is 0 Å². The molecule has 2 heterocycles. The van der Waals surface area contributed by atoms with E-state index in [1.807, 2.05) is 6.07 Å². The van der Waals surface area contributed by atoms with Gasteiger partial charge in [0.25, 0.3) is 0 Å². The molecule has 1 aromatic rings. The van der Waals surface area contributed by atoms with Crippen LogP contribution >= 0.6 is 0 Å². The topological polar surface area (TPSA) is 84.0 Å². The third-order valence-corrected chi connectivity index (χ3v) is 5.11. The van der Waals surface area contributed by atoms with E-state index < -0.39 is 9.84 Å². The summed E-state index contributed by atoms with van der Waals surface area (Å²) in [5.41, 5.74) is 0. The van der Waals surface area contributed by atoms with E-state index in [4.69, 9.17) is 0 Å². The lowest BCUT2D eigenvalue weighted by molar-refractivity contribution is 0.602. The fraction of sp³-hybridized carbons (Fsp3) is 0.692. The van der Waals surface area contributed by atoms with Gasteiger partial charge in [0.1, 0.15) is 18.0 Å². The molecule has 1 atom stereocenters. The maximum Gasteiger partial charge on any atom is 0.152 e. The summed E-state index contributed by atoms with van der Waals surface area (Å²) in [4.78, 5) is 8.30. The standard InChI is InChI=1S/C13H22N4O2S/c1-2-3-4-6-14-12-8-13(16-10-15-12)17-11-5-7-20(18,19)9-11/h8,10-11H,2-7,9H2,1H3,(H2,14,15,16,17). The van der Waals surface area contributed by atoms with Gasteiger partial charge in [0.2, 0.25) is 0 Å². The highest BCUT2D eigenvalue weighted by atomic mass is 32.2. The van der Waals surface area contributed by atoms with Crippen molar-refractivity contribution in [3.05, 3.63) is 12.4 Å². The molecule has 6 nitrogen and oxygen atoms in total. The summed E-state index contributed by atoms with van der Waals surface area (Å²) >= 11 is 0. The van der Waals surface area contributed by atoms with Crippen molar-refractivity contribution >= 4 is 21.5 Å². The van der Waals surface area contributed by atoms with Crippen LogP contribution in [0, 0.1) is 0 Å². The molecular weight excluding hydrogens is 276 g/mol. The van der Waals surface area contributed by atoms with Gasteiger partial charge in [0.05, 0.1) is 11.5 Å². The van der Waals surface area contributed by atoms with Crippen LogP contribution in [-0.4, -0.2) is 42.5 Å². The van der Waals surface area contributed by atoms with Crippen molar-refractivity contribution in [2.75, 3.05) is 28.7 Å². The number of hydrogen-bond acceptors (Lipinski definition) is 6. The van der Waals surface area contributed by atoms with Crippen molar-refractivity contribution in [1.29, 1.82) is 0 Å². The van der Waals surface area contributed by atoms with E-state index in [0.29, 0.717) is 12.2 Å². The molecular formula is C13H22N4O2S. The SMILES string of the molecule is CCCCCNc1cc(NC2CCS(=O)(=O)C2)ncn1. The number of aromatic nitrogens is 2. The Hall–Kier alpha value is -1.37. The number of unbranched alkanes of at least 4 members (excludes halogenated alkanes) is 2. The van der Waals surface area contributed by atoms with E-state index in [1.165, 1.54) is 19.2 Å². The summed E-state index contributed by atoms with van der Waals surface area (Å²) in [7, 11) is -2.87. The highest BCUT2D eigenvalue weighted by Crippen LogP contribution is 2.17. The Balaban J connectivity index is 1.86. The fourth-order valence-electron chi connectivity index (χ4n) is 2.24. The van der Waals surface area contributed by atoms with E-state index in [1.54, 1.807) is 0 Å². The number of nitrogens with one attached hydrogen (secondary N) is 2. The second-order valence-corrected chi connectivity index (χ2v) is 7.40. The largest absolute Gasteiger partial charge is 0.370 e. The smallest absolute Gasteiger partial charge is 0.152 e. The predicted molar refractivity (Wildman–Crippen MR) is 80.7 cm³/mol. The second kappa shape index (κ2) is 6.88. The first kappa shape index (κ1) is 15.0. The zero-order chi connectivity index (χ0) is 14.4. The minimum atomic E-state index is -2.87. The van der Waals surface area contributed by atoms with Crippen LogP contribution in [0.2, 0.25) is 0 Å². The lowest BCUT2D eigenvalue weighted by atomic mass is 10.2. The molecule has 1 aliphatic rings. The Labute approximate surface area is 120 Å². The molecule has 0 aromatic carbocycles. The molecule has 112 valence electrons. The minimum absolute atomic E-state index is 0.0390. The van der Waals surface area contributed by atoms with Gasteiger partial charge in [-0.25, -0.2) is 18.4 Å². The Kier molecular flexibility index (Phi) is 5.17. The quantitative estimate of drug-likeness (QED) is 0.745. The van der Waals surface area contributed by atoms with Crippen LogP contribution < -0.4 is 10.6 Å². The zero-order valence-electron chi connectivity index (χ0n) is 11.8. The predicted octanol–water partition coefficient (Wildman–Crippen LogP) is 1.68. The summed E-state index contributed by atoms with van der Waals surface area (Å²) in [6.45, 7) is 3.06. The molecule has 0 bridgehead atoms. The van der Waals surface area contributed by atoms with Gasteiger partial charge in [-0.1, -0.05) is 19.8 Å². The van der Waals surface area contributed by atoms with E-state index in [-0.39, 0.29) is 17.5 Å². The number of rotatable bonds is 7. The van der Waals surface area contributed by atoms with Crippen LogP contribution in [0.1, 0.15) is 32.6 Å². The van der Waals surface area contributed by atoms with Gasteiger partial charge in [0.15, 0.2) is 9.84 Å². The van der Waals surface area contributed by atoms with Gasteiger partial charge in [-0.2, -0.15) is 0 Å². The zero-order valence-corrected chi connectivity index (χ0v) is 12.6. The van der Waals surface area contributed by atoms with Gasteiger partial charge < -0.3 is 10.6 Å². The minimum Gasteiger partial charge on any atom is -0.370 e. The molecule has 0 amide bonds. The van der Waals surface area contributed by atoms with Gasteiger partial charge in [-0.15, -0.1) is 0 Å². The van der Waals surface area contributed by atoms with Gasteiger partial charge >= 0.3 is 0 Å². The maximum atomic E-state index is 11.4. The first-order valence-corrected chi connectivity index (χ1v) is 8.94. The van der Waals surface area contributed by atoms with Crippen molar-refractivity contribution in [1.82, 2.24) is 9.97 Å². The van der Waals surface area contributed by atoms with Crippen LogP contribution in [0.4, 0.5) is 11.6 Å². The molecule has 1 aliphatic heterocycles. The monoisotopic (exact) mass is 298 g/mol. The molecule has 0 radical (unpaired) electrons. The number of anilines is 2. The first-order chi connectivity index (χ1) is 9.59. The highest BCUT2D eigenvalue weighted by Gasteiger charge is 2.27. The molecule has 20 heavy (non-hydrogen) atoms. The average molecular weight is 298 g/mol. The lowest BCUT2D eigenvalue weighted by Gasteiger charge is -2.12. The molecule has 0 aliphatic carbocycles. The third-order valence-electron chi connectivity index (χ3n) is 3.34. The summed E-state index contributed by atoms with van der Waals surface area (Å²) < 4.78 is 22.8. The summed E-state index contributed by atoms with van der Waals surface area (Å²) in [5.74, 6) is 1.91. The Morgan fingerprint density at radius 3 is 2.80 bits per heavy atom. The fourth-order valence-corrected chi connectivity index (χ4v) is 3.92. The molecule has 2 N–H and O–H groups in total.